The lowest BCUT2D eigenvalue weighted by Gasteiger charge is -2.41. The summed E-state index contributed by atoms with van der Waals surface area (Å²) in [7, 11) is -2.54. The van der Waals surface area contributed by atoms with Crippen LogP contribution in [0.2, 0.25) is 25.7 Å². The monoisotopic (exact) mass is 332 g/mol. The van der Waals surface area contributed by atoms with E-state index in [-0.39, 0.29) is 0 Å². The summed E-state index contributed by atoms with van der Waals surface area (Å²) in [5, 5.41) is 0. The third kappa shape index (κ3) is 7.90. The molecule has 0 aromatic heterocycles. The normalized spacial score (nSPS) is 18.6. The van der Waals surface area contributed by atoms with Crippen molar-refractivity contribution in [3.8, 4) is 0 Å². The maximum atomic E-state index is 5.95. The topological polar surface area (TPSA) is 24.9 Å². The molecule has 0 amide bonds. The molecule has 126 valence electrons. The first-order valence-electron chi connectivity index (χ1n) is 8.68. The van der Waals surface area contributed by atoms with Gasteiger partial charge in [-0.1, -0.05) is 33.5 Å². The molecule has 1 saturated heterocycles. The van der Waals surface area contributed by atoms with Crippen LogP contribution in [0.3, 0.4) is 0 Å². The molecule has 0 aliphatic carbocycles. The van der Waals surface area contributed by atoms with Crippen LogP contribution in [0.25, 0.3) is 0 Å². The molecule has 0 atom stereocenters. The van der Waals surface area contributed by atoms with Gasteiger partial charge in [-0.25, -0.2) is 0 Å². The van der Waals surface area contributed by atoms with Gasteiger partial charge < -0.3 is 18.3 Å². The van der Waals surface area contributed by atoms with Crippen molar-refractivity contribution in [2.75, 3.05) is 45.9 Å². The van der Waals surface area contributed by atoms with Crippen LogP contribution in [0.1, 0.15) is 26.7 Å². The number of nitrogens with zero attached hydrogens (tertiary/aromatic N) is 2. The Morgan fingerprint density at radius 3 is 1.86 bits per heavy atom. The maximum Gasteiger partial charge on any atom is 0.322 e. The first-order valence-corrected chi connectivity index (χ1v) is 13.9. The van der Waals surface area contributed by atoms with Gasteiger partial charge >= 0.3 is 9.28 Å². The van der Waals surface area contributed by atoms with Crippen molar-refractivity contribution < 1.29 is 8.85 Å². The van der Waals surface area contributed by atoms with Gasteiger partial charge in [0.1, 0.15) is 8.24 Å². The molecule has 0 unspecified atom stereocenters. The van der Waals surface area contributed by atoms with Crippen molar-refractivity contribution in [2.45, 2.75) is 52.4 Å². The van der Waals surface area contributed by atoms with E-state index < -0.39 is 17.5 Å². The largest absolute Gasteiger partial charge is 0.397 e. The SMILES string of the molecule is CCCO[SiH](CCN1CCN([Si](C)(C)C)CC1)OCCC. The summed E-state index contributed by atoms with van der Waals surface area (Å²) in [5.74, 6) is 0. The summed E-state index contributed by atoms with van der Waals surface area (Å²) in [6, 6.07) is 1.13. The van der Waals surface area contributed by atoms with Gasteiger partial charge in [-0.05, 0) is 19.4 Å². The first kappa shape index (κ1) is 19.3. The van der Waals surface area contributed by atoms with Gasteiger partial charge in [0.15, 0.2) is 0 Å². The molecule has 0 aromatic rings. The quantitative estimate of drug-likeness (QED) is 0.574. The molecule has 0 aromatic carbocycles. The molecule has 1 heterocycles. The van der Waals surface area contributed by atoms with Gasteiger partial charge in [-0.2, -0.15) is 0 Å². The Bertz CT molecular complexity index is 259. The zero-order valence-corrected chi connectivity index (χ0v) is 17.0. The number of hydrogen-bond acceptors (Lipinski definition) is 4. The van der Waals surface area contributed by atoms with Crippen LogP contribution in [0, 0.1) is 0 Å². The van der Waals surface area contributed by atoms with Gasteiger partial charge in [-0.3, -0.25) is 0 Å². The Morgan fingerprint density at radius 2 is 1.43 bits per heavy atom. The molecular formula is C15H36N2O2Si2. The van der Waals surface area contributed by atoms with E-state index in [9.17, 15) is 0 Å². The minimum atomic E-state index is -1.44. The molecular weight excluding hydrogens is 296 g/mol. The van der Waals surface area contributed by atoms with Crippen LogP contribution in [0.5, 0.6) is 0 Å². The van der Waals surface area contributed by atoms with E-state index in [1.807, 2.05) is 0 Å². The van der Waals surface area contributed by atoms with E-state index in [0.29, 0.717) is 0 Å². The Morgan fingerprint density at radius 1 is 0.905 bits per heavy atom. The highest BCUT2D eigenvalue weighted by Gasteiger charge is 2.27. The molecule has 0 bridgehead atoms. The molecule has 1 aliphatic heterocycles. The van der Waals surface area contributed by atoms with E-state index in [1.54, 1.807) is 0 Å². The van der Waals surface area contributed by atoms with Crippen LogP contribution in [0.15, 0.2) is 0 Å². The average Bonchev–Trinajstić information content (AvgIpc) is 2.46. The number of rotatable bonds is 10. The van der Waals surface area contributed by atoms with Crippen molar-refractivity contribution in [1.82, 2.24) is 9.47 Å². The summed E-state index contributed by atoms with van der Waals surface area (Å²) in [6.45, 7) is 19.5. The molecule has 0 saturated carbocycles. The highest BCUT2D eigenvalue weighted by Crippen LogP contribution is 2.13. The van der Waals surface area contributed by atoms with E-state index >= 15 is 0 Å². The summed E-state index contributed by atoms with van der Waals surface area (Å²) >= 11 is 0. The lowest BCUT2D eigenvalue weighted by atomic mass is 10.4. The number of hydrogen-bond donors (Lipinski definition) is 0. The summed E-state index contributed by atoms with van der Waals surface area (Å²) in [4.78, 5) is 2.60. The molecule has 1 rings (SSSR count). The second-order valence-corrected chi connectivity index (χ2v) is 14.0. The molecule has 1 fully saturated rings. The average molecular weight is 333 g/mol. The molecule has 6 heteroatoms. The van der Waals surface area contributed by atoms with Crippen LogP contribution in [-0.4, -0.2) is 72.9 Å². The maximum absolute atomic E-state index is 5.95. The van der Waals surface area contributed by atoms with Crippen LogP contribution < -0.4 is 0 Å². The van der Waals surface area contributed by atoms with Gasteiger partial charge in [0, 0.05) is 45.4 Å². The van der Waals surface area contributed by atoms with Crippen molar-refractivity contribution >= 4 is 17.5 Å². The fourth-order valence-electron chi connectivity index (χ4n) is 2.64. The third-order valence-corrected chi connectivity index (χ3v) is 8.31. The van der Waals surface area contributed by atoms with Gasteiger partial charge in [0.25, 0.3) is 0 Å². The second kappa shape index (κ2) is 10.1. The standard InChI is InChI=1S/C15H36N2O2Si2/c1-6-13-18-20(19-14-7-2)15-12-16-8-10-17(11-9-16)21(3,4)5/h20H,6-15H2,1-5H3. The Labute approximate surface area is 134 Å². The fraction of sp³-hybridized carbons (Fsp3) is 1.00. The van der Waals surface area contributed by atoms with Crippen LogP contribution >= 0.6 is 0 Å². The predicted molar refractivity (Wildman–Crippen MR) is 95.8 cm³/mol. The molecule has 0 radical (unpaired) electrons. The van der Waals surface area contributed by atoms with Crippen molar-refractivity contribution in [1.29, 1.82) is 0 Å². The Kier molecular flexibility index (Phi) is 9.31. The fourth-order valence-corrected chi connectivity index (χ4v) is 6.19. The van der Waals surface area contributed by atoms with Gasteiger partial charge in [0.2, 0.25) is 0 Å². The first-order chi connectivity index (χ1) is 9.97. The molecule has 0 N–H and O–H groups in total. The Hall–Kier alpha value is 0.274. The molecule has 1 aliphatic rings. The van der Waals surface area contributed by atoms with Crippen LogP contribution in [0.4, 0.5) is 0 Å². The highest BCUT2D eigenvalue weighted by molar-refractivity contribution is 6.73. The lowest BCUT2D eigenvalue weighted by Crippen LogP contribution is -2.56. The minimum absolute atomic E-state index is 0.865. The van der Waals surface area contributed by atoms with E-state index in [2.05, 4.69) is 43.0 Å². The van der Waals surface area contributed by atoms with Crippen molar-refractivity contribution in [3.63, 3.8) is 0 Å². The summed E-state index contributed by atoms with van der Waals surface area (Å²) in [6.07, 6.45) is 2.18. The van der Waals surface area contributed by atoms with E-state index in [4.69, 9.17) is 8.85 Å². The summed E-state index contributed by atoms with van der Waals surface area (Å²) in [5.41, 5.74) is 0. The summed E-state index contributed by atoms with van der Waals surface area (Å²) < 4.78 is 14.6. The van der Waals surface area contributed by atoms with Crippen LogP contribution in [-0.2, 0) is 8.85 Å². The minimum Gasteiger partial charge on any atom is -0.397 e. The third-order valence-electron chi connectivity index (χ3n) is 4.02. The number of piperazine rings is 1. The van der Waals surface area contributed by atoms with Gasteiger partial charge in [-0.15, -0.1) is 0 Å². The highest BCUT2D eigenvalue weighted by atomic mass is 28.3. The van der Waals surface area contributed by atoms with Crippen molar-refractivity contribution in [3.05, 3.63) is 0 Å². The van der Waals surface area contributed by atoms with E-state index in [0.717, 1.165) is 38.6 Å². The smallest absolute Gasteiger partial charge is 0.322 e. The molecule has 4 nitrogen and oxygen atoms in total. The van der Waals surface area contributed by atoms with Crippen molar-refractivity contribution in [2.24, 2.45) is 0 Å². The zero-order chi connectivity index (χ0) is 15.7. The Balaban J connectivity index is 2.26. The van der Waals surface area contributed by atoms with Gasteiger partial charge in [0.05, 0.1) is 0 Å². The second-order valence-electron chi connectivity index (χ2n) is 6.96. The molecule has 21 heavy (non-hydrogen) atoms. The lowest BCUT2D eigenvalue weighted by molar-refractivity contribution is 0.170. The van der Waals surface area contributed by atoms with E-state index in [1.165, 1.54) is 26.2 Å². The molecule has 0 spiro atoms. The zero-order valence-electron chi connectivity index (χ0n) is 14.9. The predicted octanol–water partition coefficient (Wildman–Crippen LogP) is 2.51.